The molecule has 0 aliphatic carbocycles. The second-order valence-electron chi connectivity index (χ2n) is 4.30. The Morgan fingerprint density at radius 1 is 1.26 bits per heavy atom. The van der Waals surface area contributed by atoms with E-state index in [1.54, 1.807) is 30.7 Å². The first-order valence-corrected chi connectivity index (χ1v) is 6.05. The van der Waals surface area contributed by atoms with Gasteiger partial charge in [0.15, 0.2) is 0 Å². The van der Waals surface area contributed by atoms with Gasteiger partial charge in [-0.3, -0.25) is 4.79 Å². The van der Waals surface area contributed by atoms with Crippen molar-refractivity contribution in [1.82, 2.24) is 14.9 Å². The number of anilines is 2. The van der Waals surface area contributed by atoms with Crippen molar-refractivity contribution in [2.75, 3.05) is 18.0 Å². The van der Waals surface area contributed by atoms with E-state index in [2.05, 4.69) is 10.3 Å². The molecule has 2 rings (SSSR count). The van der Waals surface area contributed by atoms with E-state index in [0.717, 1.165) is 13.0 Å². The van der Waals surface area contributed by atoms with Gasteiger partial charge < -0.3 is 21.4 Å². The maximum Gasteiger partial charge on any atom is 0.251 e. The van der Waals surface area contributed by atoms with Crippen molar-refractivity contribution in [2.24, 2.45) is 0 Å². The number of aromatic nitrogens is 2. The fraction of sp³-hybridized carbons (Fsp3) is 0.231. The Labute approximate surface area is 111 Å². The van der Waals surface area contributed by atoms with Crippen LogP contribution >= 0.6 is 0 Å². The normalized spacial score (nSPS) is 10.3. The number of hydrogen-bond acceptors (Lipinski definition) is 4. The molecule has 2 aromatic rings. The highest BCUT2D eigenvalue weighted by molar-refractivity contribution is 5.96. The van der Waals surface area contributed by atoms with E-state index in [1.165, 1.54) is 0 Å². The zero-order chi connectivity index (χ0) is 13.7. The lowest BCUT2D eigenvalue weighted by molar-refractivity contribution is 0.0953. The van der Waals surface area contributed by atoms with E-state index < -0.39 is 0 Å². The van der Waals surface area contributed by atoms with Crippen LogP contribution in [0, 0.1) is 0 Å². The molecule has 0 atom stereocenters. The molecule has 6 nitrogen and oxygen atoms in total. The average Bonchev–Trinajstić information content (AvgIpc) is 2.86. The highest BCUT2D eigenvalue weighted by atomic mass is 16.1. The molecule has 100 valence electrons. The molecule has 1 aromatic heterocycles. The summed E-state index contributed by atoms with van der Waals surface area (Å²) < 4.78 is 1.96. The third kappa shape index (κ3) is 3.74. The number of nitrogen functional groups attached to an aromatic ring is 2. The number of aryl methyl sites for hydroxylation is 1. The molecule has 1 heterocycles. The molecule has 0 radical (unpaired) electrons. The van der Waals surface area contributed by atoms with Gasteiger partial charge in [-0.1, -0.05) is 0 Å². The van der Waals surface area contributed by atoms with Gasteiger partial charge in [-0.05, 0) is 24.6 Å². The number of rotatable bonds is 5. The lowest BCUT2D eigenvalue weighted by atomic mass is 10.1. The molecule has 0 fully saturated rings. The van der Waals surface area contributed by atoms with Gasteiger partial charge in [0.2, 0.25) is 0 Å². The molecule has 6 heteroatoms. The predicted octanol–water partition coefficient (Wildman–Crippen LogP) is 0.868. The molecule has 0 aliphatic rings. The summed E-state index contributed by atoms with van der Waals surface area (Å²) in [7, 11) is 0. The van der Waals surface area contributed by atoms with Crippen LogP contribution in [0.4, 0.5) is 11.4 Å². The second-order valence-corrected chi connectivity index (χ2v) is 4.30. The van der Waals surface area contributed by atoms with Gasteiger partial charge in [-0.15, -0.1) is 0 Å². The van der Waals surface area contributed by atoms with Gasteiger partial charge >= 0.3 is 0 Å². The van der Waals surface area contributed by atoms with Crippen molar-refractivity contribution >= 4 is 17.3 Å². The first kappa shape index (κ1) is 12.9. The summed E-state index contributed by atoms with van der Waals surface area (Å²) in [5.41, 5.74) is 12.8. The Balaban J connectivity index is 1.80. The first-order valence-electron chi connectivity index (χ1n) is 6.05. The standard InChI is InChI=1S/C13H17N5O/c14-11-6-10(7-12(15)8-11)13(19)17-2-1-4-18-5-3-16-9-18/h3,5-9H,1-2,4,14-15H2,(H,17,19). The van der Waals surface area contributed by atoms with Crippen molar-refractivity contribution < 1.29 is 4.79 Å². The monoisotopic (exact) mass is 259 g/mol. The van der Waals surface area contributed by atoms with Crippen molar-refractivity contribution in [2.45, 2.75) is 13.0 Å². The van der Waals surface area contributed by atoms with Crippen LogP contribution in [0.3, 0.4) is 0 Å². The third-order valence-electron chi connectivity index (χ3n) is 2.68. The van der Waals surface area contributed by atoms with Crippen LogP contribution in [-0.4, -0.2) is 22.0 Å². The third-order valence-corrected chi connectivity index (χ3v) is 2.68. The van der Waals surface area contributed by atoms with Gasteiger partial charge in [0.25, 0.3) is 5.91 Å². The van der Waals surface area contributed by atoms with Crippen LogP contribution in [-0.2, 0) is 6.54 Å². The minimum absolute atomic E-state index is 0.162. The molecule has 0 saturated heterocycles. The van der Waals surface area contributed by atoms with Crippen molar-refractivity contribution in [1.29, 1.82) is 0 Å². The molecule has 1 amide bonds. The Morgan fingerprint density at radius 2 is 2.00 bits per heavy atom. The van der Waals surface area contributed by atoms with E-state index in [1.807, 2.05) is 10.8 Å². The average molecular weight is 259 g/mol. The number of carbonyl (C=O) groups is 1. The molecule has 1 aromatic carbocycles. The second kappa shape index (κ2) is 5.90. The minimum atomic E-state index is -0.162. The summed E-state index contributed by atoms with van der Waals surface area (Å²) >= 11 is 0. The summed E-state index contributed by atoms with van der Waals surface area (Å²) in [4.78, 5) is 15.8. The SMILES string of the molecule is Nc1cc(N)cc(C(=O)NCCCn2ccnc2)c1. The summed E-state index contributed by atoms with van der Waals surface area (Å²) in [5, 5.41) is 2.83. The van der Waals surface area contributed by atoms with Crippen LogP contribution in [0.1, 0.15) is 16.8 Å². The molecule has 0 bridgehead atoms. The van der Waals surface area contributed by atoms with Crippen LogP contribution in [0.5, 0.6) is 0 Å². The smallest absolute Gasteiger partial charge is 0.251 e. The van der Waals surface area contributed by atoms with E-state index in [0.29, 0.717) is 23.5 Å². The summed E-state index contributed by atoms with van der Waals surface area (Å²) in [6.45, 7) is 1.41. The molecule has 19 heavy (non-hydrogen) atoms. The lowest BCUT2D eigenvalue weighted by Gasteiger charge is -2.07. The maximum atomic E-state index is 11.9. The molecule has 0 aliphatic heterocycles. The van der Waals surface area contributed by atoms with E-state index in [4.69, 9.17) is 11.5 Å². The Kier molecular flexibility index (Phi) is 4.02. The minimum Gasteiger partial charge on any atom is -0.399 e. The molecule has 0 spiro atoms. The highest BCUT2D eigenvalue weighted by Gasteiger charge is 2.06. The van der Waals surface area contributed by atoms with Crippen LogP contribution in [0.2, 0.25) is 0 Å². The van der Waals surface area contributed by atoms with Crippen molar-refractivity contribution in [3.8, 4) is 0 Å². The quantitative estimate of drug-likeness (QED) is 0.548. The van der Waals surface area contributed by atoms with Crippen molar-refractivity contribution in [3.05, 3.63) is 42.5 Å². The van der Waals surface area contributed by atoms with Crippen LogP contribution < -0.4 is 16.8 Å². The highest BCUT2D eigenvalue weighted by Crippen LogP contribution is 2.13. The van der Waals surface area contributed by atoms with Crippen LogP contribution in [0.15, 0.2) is 36.9 Å². The Morgan fingerprint density at radius 3 is 2.63 bits per heavy atom. The fourth-order valence-corrected chi connectivity index (χ4v) is 1.79. The van der Waals surface area contributed by atoms with E-state index >= 15 is 0 Å². The maximum absolute atomic E-state index is 11.9. The number of imidazole rings is 1. The number of nitrogens with zero attached hydrogens (tertiary/aromatic N) is 2. The summed E-state index contributed by atoms with van der Waals surface area (Å²) in [5.74, 6) is -0.162. The Hall–Kier alpha value is -2.50. The zero-order valence-electron chi connectivity index (χ0n) is 10.5. The summed E-state index contributed by atoms with van der Waals surface area (Å²) in [6, 6.07) is 4.85. The molecule has 5 N–H and O–H groups in total. The number of nitrogens with two attached hydrogens (primary N) is 2. The van der Waals surface area contributed by atoms with Crippen molar-refractivity contribution in [3.63, 3.8) is 0 Å². The fourth-order valence-electron chi connectivity index (χ4n) is 1.79. The summed E-state index contributed by atoms with van der Waals surface area (Å²) in [6.07, 6.45) is 6.20. The van der Waals surface area contributed by atoms with Gasteiger partial charge in [-0.2, -0.15) is 0 Å². The lowest BCUT2D eigenvalue weighted by Crippen LogP contribution is -2.25. The molecular formula is C13H17N5O. The number of amides is 1. The largest absolute Gasteiger partial charge is 0.399 e. The number of hydrogen-bond donors (Lipinski definition) is 3. The van der Waals surface area contributed by atoms with E-state index in [9.17, 15) is 4.79 Å². The first-order chi connectivity index (χ1) is 9.15. The Bertz CT molecular complexity index is 530. The number of nitrogens with one attached hydrogen (secondary N) is 1. The topological polar surface area (TPSA) is 99.0 Å². The molecule has 0 saturated carbocycles. The number of carbonyl (C=O) groups excluding carboxylic acids is 1. The number of benzene rings is 1. The predicted molar refractivity (Wildman–Crippen MR) is 74.4 cm³/mol. The van der Waals surface area contributed by atoms with Gasteiger partial charge in [-0.25, -0.2) is 4.98 Å². The van der Waals surface area contributed by atoms with Gasteiger partial charge in [0.1, 0.15) is 0 Å². The molecular weight excluding hydrogens is 242 g/mol. The van der Waals surface area contributed by atoms with Crippen LogP contribution in [0.25, 0.3) is 0 Å². The molecule has 0 unspecified atom stereocenters. The van der Waals surface area contributed by atoms with Gasteiger partial charge in [0, 0.05) is 42.4 Å². The zero-order valence-corrected chi connectivity index (χ0v) is 10.5. The van der Waals surface area contributed by atoms with E-state index in [-0.39, 0.29) is 5.91 Å². The van der Waals surface area contributed by atoms with Gasteiger partial charge in [0.05, 0.1) is 6.33 Å².